The number of nitrogens with zero attached hydrogens (tertiary/aromatic N) is 2. The molecule has 0 amide bonds. The van der Waals surface area contributed by atoms with Gasteiger partial charge in [-0.25, -0.2) is 9.18 Å². The van der Waals surface area contributed by atoms with Gasteiger partial charge in [0.15, 0.2) is 0 Å². The number of ether oxygens (including phenoxy) is 1. The van der Waals surface area contributed by atoms with Gasteiger partial charge in [-0.2, -0.15) is 0 Å². The van der Waals surface area contributed by atoms with Crippen molar-refractivity contribution in [1.82, 2.24) is 4.98 Å². The normalized spacial score (nSPS) is 12.0. The van der Waals surface area contributed by atoms with Gasteiger partial charge >= 0.3 is 5.97 Å². The molecule has 0 aliphatic rings. The Morgan fingerprint density at radius 1 is 1.16 bits per heavy atom. The lowest BCUT2D eigenvalue weighted by Crippen LogP contribution is -2.12. The molecule has 0 unspecified atom stereocenters. The molecule has 0 atom stereocenters. The number of aromatic nitrogens is 1. The highest BCUT2D eigenvalue weighted by molar-refractivity contribution is 6.42. The second kappa shape index (κ2) is 10.9. The van der Waals surface area contributed by atoms with Crippen molar-refractivity contribution in [3.8, 4) is 11.1 Å². The minimum atomic E-state index is -0.830. The molecule has 0 aliphatic heterocycles. The molecule has 0 bridgehead atoms. The summed E-state index contributed by atoms with van der Waals surface area (Å²) in [6, 6.07) is 12.9. The number of aliphatic hydroxyl groups excluding tert-OH is 1. The summed E-state index contributed by atoms with van der Waals surface area (Å²) in [4.78, 5) is 20.5. The number of hydrogen-bond donors (Lipinski definition) is 1. The van der Waals surface area contributed by atoms with Crippen molar-refractivity contribution in [1.29, 1.82) is 0 Å². The van der Waals surface area contributed by atoms with Crippen LogP contribution >= 0.6 is 23.2 Å². The van der Waals surface area contributed by atoms with Gasteiger partial charge in [-0.3, -0.25) is 9.98 Å². The monoisotopic (exact) mass is 472 g/mol. The van der Waals surface area contributed by atoms with Gasteiger partial charge in [-0.05, 0) is 53.9 Å². The van der Waals surface area contributed by atoms with Crippen LogP contribution in [0.4, 0.5) is 4.39 Å². The molecule has 1 heterocycles. The van der Waals surface area contributed by atoms with Crippen molar-refractivity contribution in [2.24, 2.45) is 4.99 Å². The number of halogens is 3. The molecule has 5 nitrogen and oxygen atoms in total. The zero-order chi connectivity index (χ0) is 23.1. The van der Waals surface area contributed by atoms with E-state index in [-0.39, 0.29) is 24.3 Å². The van der Waals surface area contributed by atoms with E-state index in [4.69, 9.17) is 27.9 Å². The number of benzene rings is 2. The number of esters is 1. The second-order valence-electron chi connectivity index (χ2n) is 6.60. The molecule has 0 spiro atoms. The molecule has 0 radical (unpaired) electrons. The molecule has 3 rings (SSSR count). The van der Waals surface area contributed by atoms with E-state index in [1.54, 1.807) is 55.7 Å². The third-order valence-corrected chi connectivity index (χ3v) is 5.36. The van der Waals surface area contributed by atoms with Crippen LogP contribution < -0.4 is 0 Å². The van der Waals surface area contributed by atoms with Crippen molar-refractivity contribution in [3.63, 3.8) is 0 Å². The van der Waals surface area contributed by atoms with E-state index in [2.05, 4.69) is 9.98 Å². The molecule has 0 aliphatic carbocycles. The highest BCUT2D eigenvalue weighted by Gasteiger charge is 2.19. The molecule has 8 heteroatoms. The number of carbonyl (C=O) groups excluding carboxylic acids is 1. The summed E-state index contributed by atoms with van der Waals surface area (Å²) >= 11 is 12.2. The van der Waals surface area contributed by atoms with Crippen LogP contribution in [0.3, 0.4) is 0 Å². The van der Waals surface area contributed by atoms with Gasteiger partial charge < -0.3 is 9.84 Å². The topological polar surface area (TPSA) is 71.8 Å². The summed E-state index contributed by atoms with van der Waals surface area (Å²) in [5, 5.41) is 11.4. The zero-order valence-corrected chi connectivity index (χ0v) is 18.6. The fourth-order valence-electron chi connectivity index (χ4n) is 2.90. The molecular weight excluding hydrogens is 454 g/mol. The third-order valence-electron chi connectivity index (χ3n) is 4.50. The maximum Gasteiger partial charge on any atom is 0.343 e. The van der Waals surface area contributed by atoms with Crippen molar-refractivity contribution >= 4 is 41.1 Å². The average Bonchev–Trinajstić information content (AvgIpc) is 2.79. The molecule has 32 heavy (non-hydrogen) atoms. The standard InChI is InChI=1S/C24H19Cl2FN2O3/c1-2-32-24(31)19(14-29-13-17-4-3-5-20(25)22(17)26)23(30)18-7-6-16(12-21(18)27)15-8-10-28-11-9-15/h3-12,14,30H,2,13H2,1H3/b23-19-,29-14?. The number of carbonyl (C=O) groups is 1. The number of rotatable bonds is 7. The summed E-state index contributed by atoms with van der Waals surface area (Å²) < 4.78 is 19.8. The highest BCUT2D eigenvalue weighted by Crippen LogP contribution is 2.27. The van der Waals surface area contributed by atoms with Crippen molar-refractivity contribution in [2.75, 3.05) is 6.61 Å². The molecule has 1 N–H and O–H groups in total. The van der Waals surface area contributed by atoms with Crippen molar-refractivity contribution < 1.29 is 19.0 Å². The Morgan fingerprint density at radius 2 is 1.91 bits per heavy atom. The van der Waals surface area contributed by atoms with Gasteiger partial charge in [0.1, 0.15) is 17.1 Å². The summed E-state index contributed by atoms with van der Waals surface area (Å²) in [7, 11) is 0. The maximum atomic E-state index is 14.8. The van der Waals surface area contributed by atoms with Crippen LogP contribution in [0.25, 0.3) is 16.9 Å². The Kier molecular flexibility index (Phi) is 7.98. The first-order valence-corrected chi connectivity index (χ1v) is 10.4. The van der Waals surface area contributed by atoms with E-state index in [9.17, 15) is 14.3 Å². The molecule has 0 fully saturated rings. The van der Waals surface area contributed by atoms with Crippen LogP contribution in [0.15, 0.2) is 71.5 Å². The first-order valence-electron chi connectivity index (χ1n) is 9.65. The molecule has 1 aromatic heterocycles. The highest BCUT2D eigenvalue weighted by atomic mass is 35.5. The summed E-state index contributed by atoms with van der Waals surface area (Å²) in [6.45, 7) is 1.80. The number of aliphatic imine (C=N–C) groups is 1. The fourth-order valence-corrected chi connectivity index (χ4v) is 3.28. The van der Waals surface area contributed by atoms with Crippen molar-refractivity contribution in [2.45, 2.75) is 13.5 Å². The van der Waals surface area contributed by atoms with E-state index in [1.807, 2.05) is 0 Å². The summed E-state index contributed by atoms with van der Waals surface area (Å²) in [5.74, 6) is -2.11. The van der Waals surface area contributed by atoms with E-state index >= 15 is 0 Å². The first kappa shape index (κ1) is 23.4. The number of hydrogen-bond acceptors (Lipinski definition) is 5. The minimum absolute atomic E-state index is 0.0764. The summed E-state index contributed by atoms with van der Waals surface area (Å²) in [5.41, 5.74) is 1.56. The SMILES string of the molecule is CCOC(=O)/C(C=NCc1cccc(Cl)c1Cl)=C(\O)c1ccc(-c2ccncc2)cc1F. The lowest BCUT2D eigenvalue weighted by molar-refractivity contribution is -0.137. The van der Waals surface area contributed by atoms with Gasteiger partial charge in [0, 0.05) is 18.6 Å². The van der Waals surface area contributed by atoms with Gasteiger partial charge in [-0.15, -0.1) is 0 Å². The van der Waals surface area contributed by atoms with E-state index in [0.717, 1.165) is 11.8 Å². The molecular formula is C24H19Cl2FN2O3. The Morgan fingerprint density at radius 3 is 2.59 bits per heavy atom. The molecule has 164 valence electrons. The lowest BCUT2D eigenvalue weighted by atomic mass is 10.0. The van der Waals surface area contributed by atoms with Crippen LogP contribution in [-0.4, -0.2) is 28.9 Å². The Bertz CT molecular complexity index is 1180. The van der Waals surface area contributed by atoms with Crippen LogP contribution in [0, 0.1) is 5.82 Å². The maximum absolute atomic E-state index is 14.8. The van der Waals surface area contributed by atoms with Gasteiger partial charge in [0.2, 0.25) is 0 Å². The zero-order valence-electron chi connectivity index (χ0n) is 17.1. The molecule has 3 aromatic rings. The third kappa shape index (κ3) is 5.52. The van der Waals surface area contributed by atoms with Gasteiger partial charge in [0.05, 0.1) is 28.8 Å². The lowest BCUT2D eigenvalue weighted by Gasteiger charge is -2.10. The predicted octanol–water partition coefficient (Wildman–Crippen LogP) is 6.30. The van der Waals surface area contributed by atoms with Gasteiger partial charge in [-0.1, -0.05) is 41.4 Å². The van der Waals surface area contributed by atoms with E-state index < -0.39 is 17.5 Å². The van der Waals surface area contributed by atoms with Crippen LogP contribution in [0.2, 0.25) is 10.0 Å². The van der Waals surface area contributed by atoms with Gasteiger partial charge in [0.25, 0.3) is 0 Å². The predicted molar refractivity (Wildman–Crippen MR) is 124 cm³/mol. The quantitative estimate of drug-likeness (QED) is 0.189. The Balaban J connectivity index is 1.95. The van der Waals surface area contributed by atoms with Crippen LogP contribution in [0.1, 0.15) is 18.1 Å². The largest absolute Gasteiger partial charge is 0.506 e. The van der Waals surface area contributed by atoms with Crippen LogP contribution in [-0.2, 0) is 16.1 Å². The Hall–Kier alpha value is -3.22. The van der Waals surface area contributed by atoms with Crippen molar-refractivity contribution in [3.05, 3.63) is 93.5 Å². The van der Waals surface area contributed by atoms with E-state index in [1.165, 1.54) is 12.1 Å². The molecule has 2 aromatic carbocycles. The minimum Gasteiger partial charge on any atom is -0.506 e. The average molecular weight is 473 g/mol. The Labute approximate surface area is 194 Å². The fraction of sp³-hybridized carbons (Fsp3) is 0.125. The van der Waals surface area contributed by atoms with Crippen LogP contribution in [0.5, 0.6) is 0 Å². The smallest absolute Gasteiger partial charge is 0.343 e. The molecule has 0 saturated carbocycles. The number of pyridine rings is 1. The second-order valence-corrected chi connectivity index (χ2v) is 7.38. The van der Waals surface area contributed by atoms with E-state index in [0.29, 0.717) is 21.2 Å². The molecule has 0 saturated heterocycles. The first-order chi connectivity index (χ1) is 15.4. The number of aliphatic hydroxyl groups is 1. The summed E-state index contributed by atoms with van der Waals surface area (Å²) in [6.07, 6.45) is 4.33.